The highest BCUT2D eigenvalue weighted by Crippen LogP contribution is 2.34. The van der Waals surface area contributed by atoms with E-state index < -0.39 is 9.84 Å². The number of sulfone groups is 1. The molecule has 41 heavy (non-hydrogen) atoms. The summed E-state index contributed by atoms with van der Waals surface area (Å²) in [5, 5.41) is 0.781. The maximum Gasteiger partial charge on any atom is 0.208 e. The Labute approximate surface area is 262 Å². The molecule has 0 heterocycles. The first-order valence-electron chi connectivity index (χ1n) is 12.4. The Morgan fingerprint density at radius 3 is 1.56 bits per heavy atom. The third-order valence-electron chi connectivity index (χ3n) is 5.85. The number of hydrogen-bond donors (Lipinski definition) is 0. The van der Waals surface area contributed by atoms with E-state index in [0.29, 0.717) is 5.02 Å². The Kier molecular flexibility index (Phi) is 11.4. The average molecular weight is 649 g/mol. The van der Waals surface area contributed by atoms with Crippen molar-refractivity contribution in [2.45, 2.75) is 37.5 Å². The van der Waals surface area contributed by atoms with Gasteiger partial charge in [0.2, 0.25) is 9.84 Å². The van der Waals surface area contributed by atoms with Gasteiger partial charge in [-0.1, -0.05) is 81.8 Å². The second kappa shape index (κ2) is 14.3. The van der Waals surface area contributed by atoms with Crippen molar-refractivity contribution in [2.24, 2.45) is 9.98 Å². The molecule has 4 aromatic carbocycles. The molecule has 0 N–H and O–H groups in total. The molecule has 4 rings (SSSR count). The van der Waals surface area contributed by atoms with Crippen molar-refractivity contribution in [2.75, 3.05) is 7.05 Å². The Morgan fingerprint density at radius 2 is 1.10 bits per heavy atom. The first-order valence-corrected chi connectivity index (χ1v) is 15.4. The van der Waals surface area contributed by atoms with Gasteiger partial charge >= 0.3 is 0 Å². The summed E-state index contributed by atoms with van der Waals surface area (Å²) >= 11 is 23.2. The van der Waals surface area contributed by atoms with E-state index in [2.05, 4.69) is 61.9 Å². The molecular formula is C31H29Cl4N3O2S. The molecule has 214 valence electrons. The van der Waals surface area contributed by atoms with Gasteiger partial charge in [-0.15, -0.1) is 0 Å². The van der Waals surface area contributed by atoms with Crippen LogP contribution in [0.5, 0.6) is 0 Å². The van der Waals surface area contributed by atoms with Crippen molar-refractivity contribution in [3.63, 3.8) is 0 Å². The molecule has 0 aromatic heterocycles. The van der Waals surface area contributed by atoms with Gasteiger partial charge in [0.15, 0.2) is 0 Å². The monoisotopic (exact) mass is 647 g/mol. The van der Waals surface area contributed by atoms with Gasteiger partial charge < -0.3 is 4.90 Å². The Morgan fingerprint density at radius 1 is 0.634 bits per heavy atom. The maximum absolute atomic E-state index is 12.4. The predicted molar refractivity (Wildman–Crippen MR) is 174 cm³/mol. The van der Waals surface area contributed by atoms with Crippen LogP contribution in [0.3, 0.4) is 0 Å². The molecule has 0 aliphatic rings. The fraction of sp³-hybridized carbons (Fsp3) is 0.161. The van der Waals surface area contributed by atoms with Gasteiger partial charge in [0.25, 0.3) is 0 Å². The summed E-state index contributed by atoms with van der Waals surface area (Å²) in [4.78, 5) is 10.9. The summed E-state index contributed by atoms with van der Waals surface area (Å²) in [7, 11) is -1.83. The molecule has 0 saturated heterocycles. The molecule has 0 aliphatic carbocycles. The summed E-state index contributed by atoms with van der Waals surface area (Å²) in [5.41, 5.74) is 6.82. The molecule has 0 amide bonds. The molecule has 0 bridgehead atoms. The molecule has 0 aliphatic heterocycles. The van der Waals surface area contributed by atoms with Crippen molar-refractivity contribution in [1.29, 1.82) is 0 Å². The van der Waals surface area contributed by atoms with Crippen LogP contribution in [0.25, 0.3) is 0 Å². The normalized spacial score (nSPS) is 11.5. The van der Waals surface area contributed by atoms with Crippen molar-refractivity contribution in [3.05, 3.63) is 115 Å². The van der Waals surface area contributed by atoms with E-state index in [1.54, 1.807) is 12.7 Å². The number of nitrogens with zero attached hydrogens (tertiary/aromatic N) is 3. The molecule has 0 saturated carbocycles. The van der Waals surface area contributed by atoms with Gasteiger partial charge in [0.1, 0.15) is 0 Å². The van der Waals surface area contributed by atoms with Crippen LogP contribution in [-0.2, 0) is 9.84 Å². The maximum atomic E-state index is 12.4. The SMILES string of the molecule is Cc1ccc(N=CN(C)C=Nc2ccc(C)cc2C)c(C)c1.O=S(=O)(c1ccc(Cl)cc1)c1cc(Cl)c(Cl)cc1Cl. The molecule has 0 radical (unpaired) electrons. The minimum Gasteiger partial charge on any atom is -0.326 e. The number of benzene rings is 4. The standard InChI is InChI=1S/C19H23N3.C12H6Cl4O2S/c1-14-6-8-18(16(3)10-14)20-12-22(5)13-21-19-9-7-15(2)11-17(19)4;13-7-1-3-8(4-2-7)19(17,18)12-6-10(15)9(14)5-11(12)16/h6-13H,1-5H3;1-6H. The zero-order valence-electron chi connectivity index (χ0n) is 23.2. The number of aryl methyl sites for hydroxylation is 4. The van der Waals surface area contributed by atoms with E-state index in [9.17, 15) is 8.42 Å². The first-order chi connectivity index (χ1) is 19.3. The molecule has 0 spiro atoms. The Hall–Kier alpha value is -2.87. The number of aliphatic imine (C=N–C) groups is 2. The summed E-state index contributed by atoms with van der Waals surface area (Å²) in [6, 6.07) is 20.8. The Balaban J connectivity index is 0.000000228. The highest BCUT2D eigenvalue weighted by molar-refractivity contribution is 7.91. The summed E-state index contributed by atoms with van der Waals surface area (Å²) < 4.78 is 24.8. The van der Waals surface area contributed by atoms with Crippen LogP contribution in [-0.4, -0.2) is 33.0 Å². The molecule has 0 fully saturated rings. The average Bonchev–Trinajstić information content (AvgIpc) is 2.90. The summed E-state index contributed by atoms with van der Waals surface area (Å²) in [5.74, 6) is 0. The molecule has 0 unspecified atom stereocenters. The summed E-state index contributed by atoms with van der Waals surface area (Å²) in [6.45, 7) is 8.32. The number of hydrogen-bond acceptors (Lipinski definition) is 4. The third kappa shape index (κ3) is 9.06. The van der Waals surface area contributed by atoms with Crippen LogP contribution in [0.4, 0.5) is 11.4 Å². The lowest BCUT2D eigenvalue weighted by Gasteiger charge is -2.08. The first kappa shape index (κ1) is 32.6. The van der Waals surface area contributed by atoms with E-state index >= 15 is 0 Å². The second-order valence-corrected chi connectivity index (χ2v) is 13.0. The van der Waals surface area contributed by atoms with E-state index in [1.165, 1.54) is 58.7 Å². The van der Waals surface area contributed by atoms with E-state index in [0.717, 1.165) is 11.4 Å². The minimum atomic E-state index is -3.76. The minimum absolute atomic E-state index is 0.0179. The third-order valence-corrected chi connectivity index (χ3v) is 9.06. The predicted octanol–water partition coefficient (Wildman–Crippen LogP) is 10.0. The van der Waals surface area contributed by atoms with Crippen molar-refractivity contribution < 1.29 is 8.42 Å². The lowest BCUT2D eigenvalue weighted by atomic mass is 10.1. The van der Waals surface area contributed by atoms with Gasteiger partial charge in [-0.05, 0) is 87.4 Å². The second-order valence-electron chi connectivity index (χ2n) is 9.39. The lowest BCUT2D eigenvalue weighted by molar-refractivity contribution is 0.596. The topological polar surface area (TPSA) is 62.1 Å². The molecular weight excluding hydrogens is 620 g/mol. The fourth-order valence-corrected chi connectivity index (χ4v) is 6.07. The van der Waals surface area contributed by atoms with Crippen LogP contribution < -0.4 is 0 Å². The zero-order chi connectivity index (χ0) is 30.3. The molecule has 0 atom stereocenters. The molecule has 5 nitrogen and oxygen atoms in total. The van der Waals surface area contributed by atoms with Crippen LogP contribution in [0, 0.1) is 27.7 Å². The quantitative estimate of drug-likeness (QED) is 0.119. The fourth-order valence-electron chi connectivity index (χ4n) is 3.69. The smallest absolute Gasteiger partial charge is 0.208 e. The van der Waals surface area contributed by atoms with Gasteiger partial charge in [-0.25, -0.2) is 18.4 Å². The number of rotatable bonds is 6. The largest absolute Gasteiger partial charge is 0.326 e. The molecule has 10 heteroatoms. The lowest BCUT2D eigenvalue weighted by Crippen LogP contribution is -2.12. The summed E-state index contributed by atoms with van der Waals surface area (Å²) in [6.07, 6.45) is 3.56. The van der Waals surface area contributed by atoms with E-state index in [4.69, 9.17) is 46.4 Å². The molecule has 4 aromatic rings. The van der Waals surface area contributed by atoms with Crippen LogP contribution in [0.1, 0.15) is 22.3 Å². The van der Waals surface area contributed by atoms with E-state index in [-0.39, 0.29) is 24.9 Å². The highest BCUT2D eigenvalue weighted by Gasteiger charge is 2.22. The zero-order valence-corrected chi connectivity index (χ0v) is 27.0. The van der Waals surface area contributed by atoms with Crippen LogP contribution in [0.15, 0.2) is 92.6 Å². The number of halogens is 4. The van der Waals surface area contributed by atoms with Gasteiger partial charge in [0.05, 0.1) is 48.9 Å². The van der Waals surface area contributed by atoms with Gasteiger partial charge in [-0.3, -0.25) is 0 Å². The Bertz CT molecular complexity index is 1640. The van der Waals surface area contributed by atoms with Gasteiger partial charge in [-0.2, -0.15) is 0 Å². The van der Waals surface area contributed by atoms with Crippen LogP contribution >= 0.6 is 46.4 Å². The van der Waals surface area contributed by atoms with Gasteiger partial charge in [0, 0.05) is 12.1 Å². The van der Waals surface area contributed by atoms with E-state index in [1.807, 2.05) is 24.1 Å². The van der Waals surface area contributed by atoms with Crippen molar-refractivity contribution in [3.8, 4) is 0 Å². The van der Waals surface area contributed by atoms with Crippen molar-refractivity contribution in [1.82, 2.24) is 4.90 Å². The van der Waals surface area contributed by atoms with Crippen LogP contribution in [0.2, 0.25) is 20.1 Å². The highest BCUT2D eigenvalue weighted by atomic mass is 35.5. The van der Waals surface area contributed by atoms with Crippen molar-refractivity contribution >= 4 is 80.3 Å².